The Balaban J connectivity index is 1.44. The van der Waals surface area contributed by atoms with Gasteiger partial charge in [0.15, 0.2) is 0 Å². The zero-order chi connectivity index (χ0) is 22.6. The van der Waals surface area contributed by atoms with Crippen LogP contribution in [-0.2, 0) is 20.9 Å². The maximum Gasteiger partial charge on any atom is 0.244 e. The molecule has 1 aromatic heterocycles. The molecule has 1 aliphatic heterocycles. The van der Waals surface area contributed by atoms with Gasteiger partial charge in [0.05, 0.1) is 23.6 Å². The first-order valence-electron chi connectivity index (χ1n) is 11.4. The first-order valence-corrected chi connectivity index (χ1v) is 11.4. The lowest BCUT2D eigenvalue weighted by Gasteiger charge is -2.41. The Labute approximate surface area is 187 Å². The molecule has 2 aliphatic carbocycles. The summed E-state index contributed by atoms with van der Waals surface area (Å²) in [6.07, 6.45) is 7.63. The van der Waals surface area contributed by atoms with E-state index in [1.165, 1.54) is 0 Å². The maximum absolute atomic E-state index is 13.0. The fraction of sp³-hybridized carbons (Fsp3) is 0.500. The average molecular weight is 436 g/mol. The van der Waals surface area contributed by atoms with Crippen molar-refractivity contribution in [1.29, 1.82) is 0 Å². The highest BCUT2D eigenvalue weighted by Crippen LogP contribution is 2.42. The van der Waals surface area contributed by atoms with Crippen LogP contribution in [0.15, 0.2) is 30.6 Å². The second-order valence-corrected chi connectivity index (χ2v) is 9.33. The molecule has 168 valence electrons. The second-order valence-electron chi connectivity index (χ2n) is 9.33. The van der Waals surface area contributed by atoms with Crippen molar-refractivity contribution < 1.29 is 14.4 Å². The van der Waals surface area contributed by atoms with Gasteiger partial charge in [0.1, 0.15) is 6.54 Å². The minimum Gasteiger partial charge on any atom is -0.341 e. The molecular weight excluding hydrogens is 406 g/mol. The molecule has 1 atom stereocenters. The van der Waals surface area contributed by atoms with Crippen LogP contribution in [0.2, 0.25) is 0 Å². The fourth-order valence-corrected chi connectivity index (χ4v) is 4.56. The largest absolute Gasteiger partial charge is 0.341 e. The zero-order valence-corrected chi connectivity index (χ0v) is 18.8. The minimum atomic E-state index is -0.0780. The van der Waals surface area contributed by atoms with Crippen LogP contribution in [0, 0.1) is 5.92 Å². The molecule has 0 bridgehead atoms. The normalized spacial score (nSPS) is 20.2. The molecule has 3 aliphatic rings. The standard InChI is InChI=1S/C24H29N5O3/c1-15-12-28(24(32)17-4-5-17)22-10-18(6-9-21(22)29(15)16(2)30)19-11-25-27(13-19)14-23(31)26(3)20-7-8-20/h6,9-11,13,15,17,20H,4-5,7-8,12,14H2,1-3H3/t15-/m0/s1. The van der Waals surface area contributed by atoms with Gasteiger partial charge in [-0.05, 0) is 50.3 Å². The number of hydrogen-bond acceptors (Lipinski definition) is 4. The predicted molar refractivity (Wildman–Crippen MR) is 121 cm³/mol. The topological polar surface area (TPSA) is 78.8 Å². The molecule has 8 heteroatoms. The molecule has 2 fully saturated rings. The Morgan fingerprint density at radius 1 is 1.09 bits per heavy atom. The van der Waals surface area contributed by atoms with E-state index in [2.05, 4.69) is 5.10 Å². The Morgan fingerprint density at radius 3 is 2.50 bits per heavy atom. The van der Waals surface area contributed by atoms with E-state index < -0.39 is 0 Å². The number of rotatable bonds is 5. The van der Waals surface area contributed by atoms with Crippen LogP contribution in [0.25, 0.3) is 11.1 Å². The smallest absolute Gasteiger partial charge is 0.244 e. The number of aromatic nitrogens is 2. The van der Waals surface area contributed by atoms with Gasteiger partial charge in [0, 0.05) is 44.2 Å². The predicted octanol–water partition coefficient (Wildman–Crippen LogP) is 2.67. The van der Waals surface area contributed by atoms with E-state index in [0.717, 1.165) is 48.2 Å². The Morgan fingerprint density at radius 2 is 1.84 bits per heavy atom. The molecule has 5 rings (SSSR count). The van der Waals surface area contributed by atoms with Gasteiger partial charge in [-0.25, -0.2) is 0 Å². The van der Waals surface area contributed by atoms with Crippen molar-refractivity contribution >= 4 is 29.1 Å². The number of carbonyl (C=O) groups is 3. The molecule has 0 radical (unpaired) electrons. The summed E-state index contributed by atoms with van der Waals surface area (Å²) in [5.74, 6) is 0.263. The van der Waals surface area contributed by atoms with Crippen LogP contribution in [0.1, 0.15) is 39.5 Å². The van der Waals surface area contributed by atoms with E-state index in [1.54, 1.807) is 27.6 Å². The highest BCUT2D eigenvalue weighted by atomic mass is 16.2. The Bertz CT molecular complexity index is 1090. The quantitative estimate of drug-likeness (QED) is 0.723. The summed E-state index contributed by atoms with van der Waals surface area (Å²) in [5, 5.41) is 4.38. The Hall–Kier alpha value is -3.16. The summed E-state index contributed by atoms with van der Waals surface area (Å²) in [5.41, 5.74) is 3.32. The first kappa shape index (κ1) is 20.7. The molecule has 2 saturated carbocycles. The van der Waals surface area contributed by atoms with Gasteiger partial charge in [-0.1, -0.05) is 6.07 Å². The van der Waals surface area contributed by atoms with Crippen LogP contribution < -0.4 is 9.80 Å². The number of anilines is 2. The zero-order valence-electron chi connectivity index (χ0n) is 18.8. The molecule has 32 heavy (non-hydrogen) atoms. The third-order valence-corrected chi connectivity index (χ3v) is 6.70. The first-order chi connectivity index (χ1) is 15.3. The van der Waals surface area contributed by atoms with Gasteiger partial charge in [0.25, 0.3) is 0 Å². The van der Waals surface area contributed by atoms with Crippen molar-refractivity contribution in [3.05, 3.63) is 30.6 Å². The van der Waals surface area contributed by atoms with E-state index in [9.17, 15) is 14.4 Å². The molecular formula is C24H29N5O3. The van der Waals surface area contributed by atoms with Crippen LogP contribution in [0.5, 0.6) is 0 Å². The molecule has 1 aromatic carbocycles. The van der Waals surface area contributed by atoms with Gasteiger partial charge < -0.3 is 14.7 Å². The van der Waals surface area contributed by atoms with Gasteiger partial charge in [-0.15, -0.1) is 0 Å². The molecule has 0 unspecified atom stereocenters. The van der Waals surface area contributed by atoms with E-state index in [4.69, 9.17) is 0 Å². The fourth-order valence-electron chi connectivity index (χ4n) is 4.56. The lowest BCUT2D eigenvalue weighted by molar-refractivity contribution is -0.131. The third kappa shape index (κ3) is 3.78. The molecule has 3 amide bonds. The molecule has 0 saturated heterocycles. The van der Waals surface area contributed by atoms with Crippen molar-refractivity contribution in [2.75, 3.05) is 23.4 Å². The highest BCUT2D eigenvalue weighted by molar-refractivity contribution is 6.06. The summed E-state index contributed by atoms with van der Waals surface area (Å²) in [6, 6.07) is 6.13. The lowest BCUT2D eigenvalue weighted by Crippen LogP contribution is -2.51. The van der Waals surface area contributed by atoms with E-state index in [-0.39, 0.29) is 36.2 Å². The van der Waals surface area contributed by atoms with E-state index in [0.29, 0.717) is 12.6 Å². The number of nitrogens with zero attached hydrogens (tertiary/aromatic N) is 5. The van der Waals surface area contributed by atoms with Crippen molar-refractivity contribution in [1.82, 2.24) is 14.7 Å². The number of hydrogen-bond donors (Lipinski definition) is 0. The number of amides is 3. The second kappa shape index (κ2) is 7.76. The molecule has 0 spiro atoms. The number of likely N-dealkylation sites (N-methyl/N-ethyl adjacent to an activating group) is 1. The summed E-state index contributed by atoms with van der Waals surface area (Å²) in [4.78, 5) is 43.2. The summed E-state index contributed by atoms with van der Waals surface area (Å²) in [6.45, 7) is 4.24. The third-order valence-electron chi connectivity index (χ3n) is 6.70. The number of carbonyl (C=O) groups excluding carboxylic acids is 3. The van der Waals surface area contributed by atoms with Gasteiger partial charge >= 0.3 is 0 Å². The van der Waals surface area contributed by atoms with E-state index in [1.807, 2.05) is 43.3 Å². The summed E-state index contributed by atoms with van der Waals surface area (Å²) >= 11 is 0. The van der Waals surface area contributed by atoms with Crippen molar-refractivity contribution in [3.63, 3.8) is 0 Å². The van der Waals surface area contributed by atoms with Crippen LogP contribution in [0.3, 0.4) is 0 Å². The number of benzene rings is 1. The van der Waals surface area contributed by atoms with E-state index >= 15 is 0 Å². The maximum atomic E-state index is 13.0. The lowest BCUT2D eigenvalue weighted by atomic mass is 10.0. The highest BCUT2D eigenvalue weighted by Gasteiger charge is 2.39. The summed E-state index contributed by atoms with van der Waals surface area (Å²) < 4.78 is 1.66. The van der Waals surface area contributed by atoms with Crippen molar-refractivity contribution in [3.8, 4) is 11.1 Å². The monoisotopic (exact) mass is 435 g/mol. The van der Waals surface area contributed by atoms with Crippen molar-refractivity contribution in [2.24, 2.45) is 5.92 Å². The van der Waals surface area contributed by atoms with Gasteiger partial charge in [0.2, 0.25) is 17.7 Å². The molecule has 2 aromatic rings. The number of fused-ring (bicyclic) bond motifs is 1. The summed E-state index contributed by atoms with van der Waals surface area (Å²) in [7, 11) is 1.85. The van der Waals surface area contributed by atoms with Crippen LogP contribution >= 0.6 is 0 Å². The van der Waals surface area contributed by atoms with Crippen LogP contribution in [0.4, 0.5) is 11.4 Å². The van der Waals surface area contributed by atoms with Gasteiger partial charge in [-0.3, -0.25) is 19.1 Å². The van der Waals surface area contributed by atoms with Gasteiger partial charge in [-0.2, -0.15) is 5.10 Å². The van der Waals surface area contributed by atoms with Crippen LogP contribution in [-0.4, -0.2) is 58.1 Å². The molecule has 0 N–H and O–H groups in total. The Kier molecular flexibility index (Phi) is 5.03. The molecule has 8 nitrogen and oxygen atoms in total. The van der Waals surface area contributed by atoms with Crippen molar-refractivity contribution in [2.45, 2.75) is 58.2 Å². The minimum absolute atomic E-state index is 0.0314. The average Bonchev–Trinajstić information content (AvgIpc) is 3.69. The molecule has 2 heterocycles. The SMILES string of the molecule is CC(=O)N1c2ccc(-c3cnn(CC(=O)N(C)C4CC4)c3)cc2N(C(=O)C2CC2)C[C@@H]1C.